The standard InChI is InChI=1S/C31H33F3N2O4.Ac/c1-35(25(38)10-7-18-3-2-4-21(15-18)31(32,33)34)22-11-12-30(39)24-16-20-8-9-23(37)27-26(20)29(30,28(22)40-27)13-14-36(24)17-19-5-6-19;/h2-4,7-10,15,19,22,24,28,37,39H,5-6,11-14,16-17H2,1H3;/b10-7+;/t22?,24-,28?,29+,30?;/m1./s1. The second-order valence-electron chi connectivity index (χ2n) is 12.3. The molecule has 3 aliphatic carbocycles. The van der Waals surface area contributed by atoms with Crippen LogP contribution in [-0.2, 0) is 22.8 Å². The summed E-state index contributed by atoms with van der Waals surface area (Å²) in [6.45, 7) is 1.80. The number of amides is 1. The summed E-state index contributed by atoms with van der Waals surface area (Å²) in [6.07, 6.45) is 2.51. The van der Waals surface area contributed by atoms with Crippen LogP contribution in [0.1, 0.15) is 54.4 Å². The molecule has 1 spiro atoms. The Morgan fingerprint density at radius 2 is 1.98 bits per heavy atom. The topological polar surface area (TPSA) is 73.2 Å². The molecule has 1 saturated heterocycles. The smallest absolute Gasteiger partial charge is 0.416 e. The fourth-order valence-corrected chi connectivity index (χ4v) is 8.12. The molecule has 6 nitrogen and oxygen atoms in total. The molecule has 1 radical (unpaired) electrons. The monoisotopic (exact) mass is 781 g/mol. The zero-order valence-electron chi connectivity index (χ0n) is 22.9. The van der Waals surface area contributed by atoms with Gasteiger partial charge in [0.25, 0.3) is 0 Å². The van der Waals surface area contributed by atoms with E-state index in [1.165, 1.54) is 37.1 Å². The van der Waals surface area contributed by atoms with Gasteiger partial charge in [0.2, 0.25) is 5.91 Å². The largest absolute Gasteiger partial charge is 0.504 e. The van der Waals surface area contributed by atoms with Crippen molar-refractivity contribution in [3.05, 3.63) is 64.7 Å². The summed E-state index contributed by atoms with van der Waals surface area (Å²) >= 11 is 0. The maximum absolute atomic E-state index is 13.4. The summed E-state index contributed by atoms with van der Waals surface area (Å²) in [4.78, 5) is 17.4. The fourth-order valence-electron chi connectivity index (χ4n) is 8.12. The number of hydrogen-bond acceptors (Lipinski definition) is 5. The van der Waals surface area contributed by atoms with Gasteiger partial charge in [-0.25, -0.2) is 0 Å². The molecule has 3 unspecified atom stereocenters. The molecule has 0 aromatic heterocycles. The number of phenols is 1. The van der Waals surface area contributed by atoms with Gasteiger partial charge in [-0.15, -0.1) is 0 Å². The van der Waals surface area contributed by atoms with Gasteiger partial charge in [-0.05, 0) is 86.4 Å². The second kappa shape index (κ2) is 10.2. The van der Waals surface area contributed by atoms with E-state index in [9.17, 15) is 28.2 Å². The number of ether oxygens (including phenoxy) is 1. The average Bonchev–Trinajstić information content (AvgIpc) is 3.66. The zero-order valence-corrected chi connectivity index (χ0v) is 27.6. The van der Waals surface area contributed by atoms with E-state index in [-0.39, 0.29) is 73.4 Å². The molecule has 41 heavy (non-hydrogen) atoms. The molecular formula is C31H33AcF3N2O4. The van der Waals surface area contributed by atoms with Crippen LogP contribution >= 0.6 is 0 Å². The Kier molecular flexibility index (Phi) is 7.37. The summed E-state index contributed by atoms with van der Waals surface area (Å²) in [6, 6.07) is 8.03. The number of phenolic OH excluding ortho intramolecular Hbond substituents is 1. The zero-order chi connectivity index (χ0) is 28.0. The third kappa shape index (κ3) is 4.49. The van der Waals surface area contributed by atoms with E-state index in [1.54, 1.807) is 18.0 Å². The Hall–Kier alpha value is -1.60. The summed E-state index contributed by atoms with van der Waals surface area (Å²) in [5.41, 5.74) is -0.303. The number of aromatic hydroxyl groups is 1. The number of carbonyl (C=O) groups excluding carboxylic acids is 1. The van der Waals surface area contributed by atoms with Crippen LogP contribution in [0.15, 0.2) is 42.5 Å². The van der Waals surface area contributed by atoms with E-state index >= 15 is 0 Å². The summed E-state index contributed by atoms with van der Waals surface area (Å²) in [5, 5.41) is 23.4. The molecule has 1 amide bonds. The third-order valence-corrected chi connectivity index (χ3v) is 10.2. The Bertz CT molecular complexity index is 1410. The van der Waals surface area contributed by atoms with E-state index in [1.807, 2.05) is 6.07 Å². The molecule has 3 fully saturated rings. The van der Waals surface area contributed by atoms with Crippen molar-refractivity contribution in [2.24, 2.45) is 5.92 Å². The van der Waals surface area contributed by atoms with Crippen LogP contribution < -0.4 is 4.74 Å². The number of halogens is 3. The van der Waals surface area contributed by atoms with Crippen LogP contribution in [0, 0.1) is 50.0 Å². The Morgan fingerprint density at radius 3 is 2.71 bits per heavy atom. The molecule has 2 aromatic carbocycles. The number of nitrogens with zero attached hydrogens (tertiary/aromatic N) is 2. The van der Waals surface area contributed by atoms with E-state index < -0.39 is 28.9 Å². The number of aliphatic hydroxyl groups is 1. The number of rotatable bonds is 5. The van der Waals surface area contributed by atoms with Crippen LogP contribution in [0.3, 0.4) is 0 Å². The third-order valence-electron chi connectivity index (χ3n) is 10.2. The first-order valence-electron chi connectivity index (χ1n) is 14.1. The number of alkyl halides is 3. The van der Waals surface area contributed by atoms with Crippen molar-refractivity contribution in [2.45, 2.75) is 73.9 Å². The SMILES string of the molecule is CN(C(=O)/C=C/c1cccc(C(F)(F)F)c1)C1CCC2(O)[C@H]3Cc4ccc(O)c5c4[C@@]2(CCN3CC2CC2)C1O5.[Ac]. The van der Waals surface area contributed by atoms with Crippen LogP contribution in [0.5, 0.6) is 11.5 Å². The van der Waals surface area contributed by atoms with Crippen molar-refractivity contribution in [3.63, 3.8) is 0 Å². The minimum absolute atomic E-state index is 0. The predicted molar refractivity (Wildman–Crippen MR) is 142 cm³/mol. The predicted octanol–water partition coefficient (Wildman–Crippen LogP) is 4.52. The number of benzene rings is 2. The fraction of sp³-hybridized carbons (Fsp3) is 0.516. The van der Waals surface area contributed by atoms with Crippen molar-refractivity contribution in [3.8, 4) is 11.5 Å². The van der Waals surface area contributed by atoms with Crippen molar-refractivity contribution in [1.82, 2.24) is 9.80 Å². The molecule has 7 rings (SSSR count). The minimum Gasteiger partial charge on any atom is -0.504 e. The Balaban J connectivity index is 0.00000302. The minimum atomic E-state index is -4.46. The molecule has 10 heteroatoms. The van der Waals surface area contributed by atoms with Gasteiger partial charge >= 0.3 is 6.18 Å². The normalized spacial score (nSPS) is 31.8. The number of carbonyl (C=O) groups is 1. The Morgan fingerprint density at radius 1 is 1.20 bits per heavy atom. The summed E-state index contributed by atoms with van der Waals surface area (Å²) in [5.74, 6) is 0.795. The molecule has 5 atom stereocenters. The maximum Gasteiger partial charge on any atom is 0.416 e. The van der Waals surface area contributed by atoms with Gasteiger partial charge < -0.3 is 19.8 Å². The van der Waals surface area contributed by atoms with Gasteiger partial charge in [0.15, 0.2) is 11.5 Å². The van der Waals surface area contributed by atoms with Crippen molar-refractivity contribution >= 4 is 12.0 Å². The number of likely N-dealkylation sites (tertiary alicyclic amines) is 1. The van der Waals surface area contributed by atoms with Crippen LogP contribution in [0.2, 0.25) is 0 Å². The average molecular weight is 782 g/mol. The maximum atomic E-state index is 13.4. The molecule has 2 heterocycles. The number of piperidine rings is 1. The first kappa shape index (κ1) is 29.5. The van der Waals surface area contributed by atoms with E-state index in [2.05, 4.69) is 4.90 Å². The van der Waals surface area contributed by atoms with Crippen LogP contribution in [0.25, 0.3) is 6.08 Å². The van der Waals surface area contributed by atoms with Gasteiger partial charge in [-0.3, -0.25) is 9.69 Å². The van der Waals surface area contributed by atoms with Crippen molar-refractivity contribution in [1.29, 1.82) is 0 Å². The van der Waals surface area contributed by atoms with Crippen molar-refractivity contribution in [2.75, 3.05) is 20.1 Å². The van der Waals surface area contributed by atoms with Gasteiger partial charge in [0.1, 0.15) is 6.10 Å². The van der Waals surface area contributed by atoms with Crippen molar-refractivity contribution < 1.29 is 77.0 Å². The number of likely N-dealkylation sites (N-methyl/N-ethyl adjacent to an activating group) is 1. The molecule has 2 aliphatic heterocycles. The number of hydrogen-bond donors (Lipinski definition) is 2. The summed E-state index contributed by atoms with van der Waals surface area (Å²) in [7, 11) is 1.68. The second-order valence-corrected chi connectivity index (χ2v) is 12.3. The molecule has 2 bridgehead atoms. The molecule has 215 valence electrons. The van der Waals surface area contributed by atoms with Gasteiger partial charge in [-0.1, -0.05) is 18.2 Å². The molecular weight excluding hydrogens is 748 g/mol. The molecule has 5 aliphatic rings. The summed E-state index contributed by atoms with van der Waals surface area (Å²) < 4.78 is 45.9. The van der Waals surface area contributed by atoms with Gasteiger partial charge in [-0.2, -0.15) is 13.2 Å². The van der Waals surface area contributed by atoms with Crippen LogP contribution in [-0.4, -0.2) is 69.8 Å². The quantitative estimate of drug-likeness (QED) is 0.438. The molecule has 2 aromatic rings. The van der Waals surface area contributed by atoms with Gasteiger partial charge in [0.05, 0.1) is 22.6 Å². The first-order valence-corrected chi connectivity index (χ1v) is 14.1. The Labute approximate surface area is 273 Å². The van der Waals surface area contributed by atoms with E-state index in [0.29, 0.717) is 37.4 Å². The molecule has 2 N–H and O–H groups in total. The van der Waals surface area contributed by atoms with Gasteiger partial charge in [0, 0.05) is 75.3 Å². The first-order chi connectivity index (χ1) is 19.0. The van der Waals surface area contributed by atoms with E-state index in [0.717, 1.165) is 36.3 Å². The van der Waals surface area contributed by atoms with E-state index in [4.69, 9.17) is 4.74 Å². The van der Waals surface area contributed by atoms with Crippen LogP contribution in [0.4, 0.5) is 13.2 Å². The molecule has 2 saturated carbocycles.